The first-order chi connectivity index (χ1) is 10.4. The maximum absolute atomic E-state index is 8.90. The summed E-state index contributed by atoms with van der Waals surface area (Å²) < 4.78 is 10.3. The lowest BCUT2D eigenvalue weighted by Crippen LogP contribution is -1.86. The van der Waals surface area contributed by atoms with Crippen LogP contribution in [0, 0.1) is 11.3 Å². The average molecular weight is 280 g/mol. The van der Waals surface area contributed by atoms with Gasteiger partial charge in [0.05, 0.1) is 18.1 Å². The maximum Gasteiger partial charge on any atom is 0.122 e. The number of allylic oxidation sites excluding steroid dienone is 10. The minimum atomic E-state index is 0.397. The van der Waals surface area contributed by atoms with Crippen LogP contribution in [-0.2, 0) is 9.47 Å². The minimum Gasteiger partial charge on any atom is -0.496 e. The van der Waals surface area contributed by atoms with Crippen molar-refractivity contribution in [2.75, 3.05) is 6.61 Å². The molecule has 0 amide bonds. The monoisotopic (exact) mass is 280 g/mol. The van der Waals surface area contributed by atoms with Crippen molar-refractivity contribution in [3.8, 4) is 6.07 Å². The van der Waals surface area contributed by atoms with E-state index in [0.29, 0.717) is 12.2 Å². The van der Waals surface area contributed by atoms with E-state index in [9.17, 15) is 0 Å². The van der Waals surface area contributed by atoms with Gasteiger partial charge in [-0.3, -0.25) is 4.99 Å². The van der Waals surface area contributed by atoms with Crippen molar-refractivity contribution >= 4 is 6.21 Å². The van der Waals surface area contributed by atoms with Gasteiger partial charge in [-0.1, -0.05) is 30.4 Å². The maximum atomic E-state index is 8.90. The lowest BCUT2D eigenvalue weighted by Gasteiger charge is -1.90. The van der Waals surface area contributed by atoms with E-state index in [2.05, 4.69) is 4.99 Å². The molecule has 0 N–H and O–H groups in total. The fraction of sp³-hybridized carbons (Fsp3) is 0.0588. The molecule has 0 saturated heterocycles. The van der Waals surface area contributed by atoms with Gasteiger partial charge in [-0.2, -0.15) is 5.26 Å². The van der Waals surface area contributed by atoms with Gasteiger partial charge in [0.1, 0.15) is 18.9 Å². The third-order valence-corrected chi connectivity index (χ3v) is 2.05. The van der Waals surface area contributed by atoms with Crippen LogP contribution in [0.5, 0.6) is 0 Å². The van der Waals surface area contributed by atoms with E-state index in [-0.39, 0.29) is 0 Å². The van der Waals surface area contributed by atoms with Gasteiger partial charge in [-0.15, -0.1) is 0 Å². The largest absolute Gasteiger partial charge is 0.496 e. The summed E-state index contributed by atoms with van der Waals surface area (Å²) in [5.41, 5.74) is 0.405. The lowest BCUT2D eigenvalue weighted by atomic mass is 10.3. The van der Waals surface area contributed by atoms with E-state index in [1.807, 2.05) is 30.4 Å². The predicted molar refractivity (Wildman–Crippen MR) is 84.1 cm³/mol. The molecule has 0 saturated carbocycles. The molecular weight excluding hydrogens is 264 g/mol. The molecule has 4 nitrogen and oxygen atoms in total. The molecule has 0 fully saturated rings. The first-order valence-electron chi connectivity index (χ1n) is 6.30. The van der Waals surface area contributed by atoms with E-state index >= 15 is 0 Å². The van der Waals surface area contributed by atoms with Gasteiger partial charge in [-0.05, 0) is 24.3 Å². The summed E-state index contributed by atoms with van der Waals surface area (Å²) in [4.78, 5) is 4.01. The van der Waals surface area contributed by atoms with E-state index in [1.54, 1.807) is 49.1 Å². The summed E-state index contributed by atoms with van der Waals surface area (Å²) in [7, 11) is 0. The number of nitriles is 1. The number of hydrogen-bond acceptors (Lipinski definition) is 4. The van der Waals surface area contributed by atoms with Crippen LogP contribution in [0.1, 0.15) is 0 Å². The van der Waals surface area contributed by atoms with Crippen LogP contribution in [0.2, 0.25) is 0 Å². The Balaban J connectivity index is 2.72. The quantitative estimate of drug-likeness (QED) is 0.679. The second kappa shape index (κ2) is 12.0. The van der Waals surface area contributed by atoms with E-state index in [1.165, 1.54) is 12.5 Å². The molecule has 1 aliphatic rings. The molecule has 21 heavy (non-hydrogen) atoms. The van der Waals surface area contributed by atoms with Crippen molar-refractivity contribution in [2.45, 2.75) is 0 Å². The van der Waals surface area contributed by atoms with Gasteiger partial charge in [0, 0.05) is 12.4 Å². The second-order valence-corrected chi connectivity index (χ2v) is 3.61. The van der Waals surface area contributed by atoms with Crippen molar-refractivity contribution < 1.29 is 9.47 Å². The molecule has 0 spiro atoms. The molecule has 0 atom stereocenters. The Kier molecular flexibility index (Phi) is 9.14. The molecule has 0 bridgehead atoms. The molecule has 1 rings (SSSR count). The van der Waals surface area contributed by atoms with Crippen molar-refractivity contribution in [3.05, 3.63) is 85.2 Å². The first-order valence-corrected chi connectivity index (χ1v) is 6.30. The Hall–Kier alpha value is -3.06. The number of nitrogens with zero attached hydrogens (tertiary/aromatic N) is 2. The molecule has 0 aromatic carbocycles. The molecule has 0 aliphatic carbocycles. The molecule has 0 unspecified atom stereocenters. The summed E-state index contributed by atoms with van der Waals surface area (Å²) in [6, 6.07) is 2.02. The van der Waals surface area contributed by atoms with Gasteiger partial charge in [0.2, 0.25) is 0 Å². The molecular formula is C17H16N2O2. The van der Waals surface area contributed by atoms with Crippen molar-refractivity contribution in [2.24, 2.45) is 4.99 Å². The highest BCUT2D eigenvalue weighted by atomic mass is 16.5. The summed E-state index contributed by atoms with van der Waals surface area (Å²) in [6.07, 6.45) is 23.6. The van der Waals surface area contributed by atoms with Crippen LogP contribution in [0.15, 0.2) is 90.2 Å². The fourth-order valence-electron chi connectivity index (χ4n) is 1.12. The number of ether oxygens (including phenoxy) is 2. The molecule has 0 aromatic heterocycles. The van der Waals surface area contributed by atoms with Gasteiger partial charge in [-0.25, -0.2) is 0 Å². The highest BCUT2D eigenvalue weighted by Gasteiger charge is 1.86. The Morgan fingerprint density at radius 2 is 1.71 bits per heavy atom. The highest BCUT2D eigenvalue weighted by Crippen LogP contribution is 1.97. The van der Waals surface area contributed by atoms with Gasteiger partial charge in [0.15, 0.2) is 0 Å². The molecule has 0 radical (unpaired) electrons. The van der Waals surface area contributed by atoms with Crippen LogP contribution in [-0.4, -0.2) is 12.8 Å². The second-order valence-electron chi connectivity index (χ2n) is 3.61. The van der Waals surface area contributed by atoms with Crippen LogP contribution in [0.3, 0.4) is 0 Å². The van der Waals surface area contributed by atoms with Crippen molar-refractivity contribution in [1.82, 2.24) is 0 Å². The number of rotatable bonds is 0. The van der Waals surface area contributed by atoms with Crippen molar-refractivity contribution in [1.29, 1.82) is 5.26 Å². The Morgan fingerprint density at radius 1 is 0.952 bits per heavy atom. The molecule has 1 heterocycles. The summed E-state index contributed by atoms with van der Waals surface area (Å²) in [5.74, 6) is 0. The third-order valence-electron chi connectivity index (χ3n) is 2.05. The van der Waals surface area contributed by atoms with Crippen molar-refractivity contribution in [3.63, 3.8) is 0 Å². The van der Waals surface area contributed by atoms with Crippen LogP contribution >= 0.6 is 0 Å². The zero-order chi connectivity index (χ0) is 15.0. The summed E-state index contributed by atoms with van der Waals surface area (Å²) in [5, 5.41) is 8.90. The van der Waals surface area contributed by atoms with Gasteiger partial charge >= 0.3 is 0 Å². The topological polar surface area (TPSA) is 54.6 Å². The Labute approximate surface area is 124 Å². The average Bonchev–Trinajstić information content (AvgIpc) is 2.51. The zero-order valence-corrected chi connectivity index (χ0v) is 11.5. The molecule has 0 aromatic rings. The molecule has 4 heteroatoms. The van der Waals surface area contributed by atoms with E-state index < -0.39 is 0 Å². The predicted octanol–water partition coefficient (Wildman–Crippen LogP) is 3.72. The van der Waals surface area contributed by atoms with Gasteiger partial charge < -0.3 is 9.47 Å². The normalized spacial score (nSPS) is 27.7. The Bertz CT molecular complexity index is 568. The van der Waals surface area contributed by atoms with E-state index in [4.69, 9.17) is 14.7 Å². The van der Waals surface area contributed by atoms with Gasteiger partial charge in [0.25, 0.3) is 0 Å². The zero-order valence-electron chi connectivity index (χ0n) is 11.5. The van der Waals surface area contributed by atoms with Crippen LogP contribution in [0.25, 0.3) is 0 Å². The highest BCUT2D eigenvalue weighted by molar-refractivity contribution is 5.59. The lowest BCUT2D eigenvalue weighted by molar-refractivity contribution is 0.306. The SMILES string of the molecule is N#CC1=C/O\C=C/C=C\C=C/C=C\OCC=N\C=C/C=C\1. The minimum absolute atomic E-state index is 0.397. The standard InChI is InChI=1S/C17H16N2O2/c18-15-17-9-5-6-10-19-11-14-20-12-7-3-1-2-4-8-13-21-16-17/h1-13,16H,14H2/b3-1-,4-2-,9-5-,10-6-,12-7-,13-8-,17-16+,19-11?. The number of aliphatic imine (C=N–C) groups is 1. The van der Waals surface area contributed by atoms with E-state index in [0.717, 1.165) is 0 Å². The first kappa shape index (κ1) is 16.0. The fourth-order valence-corrected chi connectivity index (χ4v) is 1.12. The molecule has 106 valence electrons. The smallest absolute Gasteiger partial charge is 0.122 e. The third kappa shape index (κ3) is 9.51. The summed E-state index contributed by atoms with van der Waals surface area (Å²) >= 11 is 0. The summed E-state index contributed by atoms with van der Waals surface area (Å²) in [6.45, 7) is 0.397. The van der Waals surface area contributed by atoms with Crippen LogP contribution in [0.4, 0.5) is 0 Å². The van der Waals surface area contributed by atoms with Crippen LogP contribution < -0.4 is 0 Å². The molecule has 1 aliphatic heterocycles. The number of hydrogen-bond donors (Lipinski definition) is 0. The Morgan fingerprint density at radius 3 is 2.52 bits per heavy atom.